The molecule has 2 nitrogen and oxygen atoms in total. The van der Waals surface area contributed by atoms with Crippen molar-refractivity contribution in [3.63, 3.8) is 0 Å². The molecule has 2 rings (SSSR count). The number of hydrogen-bond donors (Lipinski definition) is 1. The first-order valence-corrected chi connectivity index (χ1v) is 8.11. The molecule has 2 aromatic carbocycles. The van der Waals surface area contributed by atoms with Crippen LogP contribution >= 0.6 is 23.4 Å². The van der Waals surface area contributed by atoms with Gasteiger partial charge in [0.05, 0.1) is 6.61 Å². The lowest BCUT2D eigenvalue weighted by Gasteiger charge is -2.12. The molecule has 0 saturated carbocycles. The van der Waals surface area contributed by atoms with Crippen molar-refractivity contribution in [2.75, 3.05) is 20.3 Å². The van der Waals surface area contributed by atoms with Crippen molar-refractivity contribution in [2.24, 2.45) is 0 Å². The Morgan fingerprint density at radius 2 is 1.90 bits per heavy atom. The Morgan fingerprint density at radius 1 is 1.14 bits per heavy atom. The minimum Gasteiger partial charge on any atom is -0.383 e. The molecule has 112 valence electrons. The number of aryl methyl sites for hydroxylation is 1. The monoisotopic (exact) mass is 321 g/mol. The largest absolute Gasteiger partial charge is 0.383 e. The summed E-state index contributed by atoms with van der Waals surface area (Å²) in [6.07, 6.45) is 0. The summed E-state index contributed by atoms with van der Waals surface area (Å²) >= 11 is 8.09. The van der Waals surface area contributed by atoms with Gasteiger partial charge in [-0.05, 0) is 36.8 Å². The van der Waals surface area contributed by atoms with Crippen LogP contribution in [0.3, 0.4) is 0 Å². The Balaban J connectivity index is 2.11. The average Bonchev–Trinajstić information content (AvgIpc) is 2.48. The second-order valence-electron chi connectivity index (χ2n) is 4.80. The lowest BCUT2D eigenvalue weighted by molar-refractivity contribution is 0.199. The smallest absolute Gasteiger partial charge is 0.0587 e. The van der Waals surface area contributed by atoms with Crippen molar-refractivity contribution in [1.29, 1.82) is 0 Å². The van der Waals surface area contributed by atoms with E-state index in [1.807, 2.05) is 12.1 Å². The van der Waals surface area contributed by atoms with Gasteiger partial charge in [-0.15, -0.1) is 0 Å². The second kappa shape index (κ2) is 8.44. The predicted molar refractivity (Wildman–Crippen MR) is 90.3 cm³/mol. The molecular weight excluding hydrogens is 302 g/mol. The molecule has 0 saturated heterocycles. The van der Waals surface area contributed by atoms with Crippen molar-refractivity contribution in [2.45, 2.75) is 23.3 Å². The molecule has 1 N–H and O–H groups in total. The van der Waals surface area contributed by atoms with E-state index in [4.69, 9.17) is 16.3 Å². The van der Waals surface area contributed by atoms with Crippen LogP contribution in [0.1, 0.15) is 11.1 Å². The summed E-state index contributed by atoms with van der Waals surface area (Å²) in [5, 5.41) is 4.16. The lowest BCUT2D eigenvalue weighted by Crippen LogP contribution is -2.19. The van der Waals surface area contributed by atoms with Crippen LogP contribution in [0.25, 0.3) is 0 Å². The SMILES string of the molecule is COCCNCc1c(Cl)cccc1Sc1ccc(C)cc1. The fraction of sp³-hybridized carbons (Fsp3) is 0.294. The van der Waals surface area contributed by atoms with Gasteiger partial charge >= 0.3 is 0 Å². The van der Waals surface area contributed by atoms with Gasteiger partial charge < -0.3 is 10.1 Å². The summed E-state index contributed by atoms with van der Waals surface area (Å²) in [6.45, 7) is 4.36. The Hall–Kier alpha value is -1.00. The fourth-order valence-electron chi connectivity index (χ4n) is 1.93. The molecule has 2 aromatic rings. The van der Waals surface area contributed by atoms with Gasteiger partial charge in [0.2, 0.25) is 0 Å². The highest BCUT2D eigenvalue weighted by atomic mass is 35.5. The van der Waals surface area contributed by atoms with Crippen LogP contribution in [-0.2, 0) is 11.3 Å². The number of rotatable bonds is 7. The fourth-order valence-corrected chi connectivity index (χ4v) is 3.20. The highest BCUT2D eigenvalue weighted by Crippen LogP contribution is 2.33. The zero-order chi connectivity index (χ0) is 15.1. The summed E-state index contributed by atoms with van der Waals surface area (Å²) in [6, 6.07) is 14.6. The van der Waals surface area contributed by atoms with Crippen LogP contribution in [0.15, 0.2) is 52.3 Å². The molecular formula is C17H20ClNOS. The Morgan fingerprint density at radius 3 is 2.62 bits per heavy atom. The standard InChI is InChI=1S/C17H20ClNOS/c1-13-6-8-14(9-7-13)21-17-5-3-4-16(18)15(17)12-19-10-11-20-2/h3-9,19H,10-12H2,1-2H3. The van der Waals surface area contributed by atoms with Crippen molar-refractivity contribution in [3.05, 3.63) is 58.6 Å². The van der Waals surface area contributed by atoms with Gasteiger partial charge in [-0.2, -0.15) is 0 Å². The van der Waals surface area contributed by atoms with Crippen LogP contribution in [0, 0.1) is 6.92 Å². The van der Waals surface area contributed by atoms with Crippen LogP contribution in [0.2, 0.25) is 5.02 Å². The molecule has 21 heavy (non-hydrogen) atoms. The third kappa shape index (κ3) is 5.04. The van der Waals surface area contributed by atoms with Crippen LogP contribution in [0.5, 0.6) is 0 Å². The maximum absolute atomic E-state index is 6.35. The number of methoxy groups -OCH3 is 1. The van der Waals surface area contributed by atoms with Crippen molar-refractivity contribution >= 4 is 23.4 Å². The molecule has 0 aliphatic carbocycles. The number of hydrogen-bond acceptors (Lipinski definition) is 3. The van der Waals surface area contributed by atoms with E-state index in [0.29, 0.717) is 6.61 Å². The molecule has 0 fully saturated rings. The van der Waals surface area contributed by atoms with Gasteiger partial charge in [0.15, 0.2) is 0 Å². The normalized spacial score (nSPS) is 10.8. The summed E-state index contributed by atoms with van der Waals surface area (Å²) in [5.41, 5.74) is 2.41. The molecule has 0 bridgehead atoms. The number of nitrogens with one attached hydrogen (secondary N) is 1. The highest BCUT2D eigenvalue weighted by molar-refractivity contribution is 7.99. The van der Waals surface area contributed by atoms with E-state index >= 15 is 0 Å². The van der Waals surface area contributed by atoms with Crippen molar-refractivity contribution in [3.8, 4) is 0 Å². The highest BCUT2D eigenvalue weighted by Gasteiger charge is 2.08. The van der Waals surface area contributed by atoms with Crippen LogP contribution < -0.4 is 5.32 Å². The predicted octanol–water partition coefficient (Wildman–Crippen LogP) is 4.54. The Labute approximate surface area is 135 Å². The van der Waals surface area contributed by atoms with E-state index in [2.05, 4.69) is 42.6 Å². The molecule has 0 radical (unpaired) electrons. The number of benzene rings is 2. The maximum Gasteiger partial charge on any atom is 0.0587 e. The second-order valence-corrected chi connectivity index (χ2v) is 6.32. The molecule has 0 spiro atoms. The summed E-state index contributed by atoms with van der Waals surface area (Å²) in [4.78, 5) is 2.41. The quantitative estimate of drug-likeness (QED) is 0.757. The maximum atomic E-state index is 6.35. The number of halogens is 1. The minimum absolute atomic E-state index is 0.699. The summed E-state index contributed by atoms with van der Waals surface area (Å²) < 4.78 is 5.05. The molecule has 0 aliphatic rings. The van der Waals surface area contributed by atoms with Gasteiger partial charge in [-0.3, -0.25) is 0 Å². The van der Waals surface area contributed by atoms with E-state index in [1.165, 1.54) is 15.4 Å². The van der Waals surface area contributed by atoms with Crippen LogP contribution in [0.4, 0.5) is 0 Å². The van der Waals surface area contributed by atoms with Crippen LogP contribution in [-0.4, -0.2) is 20.3 Å². The van der Waals surface area contributed by atoms with Crippen molar-refractivity contribution in [1.82, 2.24) is 5.32 Å². The van der Waals surface area contributed by atoms with Gasteiger partial charge in [0.1, 0.15) is 0 Å². The zero-order valence-electron chi connectivity index (χ0n) is 12.4. The van der Waals surface area contributed by atoms with E-state index in [-0.39, 0.29) is 0 Å². The molecule has 0 heterocycles. The van der Waals surface area contributed by atoms with Gasteiger partial charge in [-0.25, -0.2) is 0 Å². The first kappa shape index (κ1) is 16.4. The molecule has 0 unspecified atom stereocenters. The molecule has 0 aromatic heterocycles. The van der Waals surface area contributed by atoms with Gasteiger partial charge in [0.25, 0.3) is 0 Å². The van der Waals surface area contributed by atoms with Gasteiger partial charge in [0, 0.05) is 35.0 Å². The van der Waals surface area contributed by atoms with E-state index in [1.54, 1.807) is 18.9 Å². The van der Waals surface area contributed by atoms with E-state index in [0.717, 1.165) is 23.7 Å². The Bertz CT molecular complexity index is 572. The summed E-state index contributed by atoms with van der Waals surface area (Å²) in [7, 11) is 1.70. The molecule has 0 atom stereocenters. The first-order chi connectivity index (χ1) is 10.2. The average molecular weight is 322 g/mol. The summed E-state index contributed by atoms with van der Waals surface area (Å²) in [5.74, 6) is 0. The first-order valence-electron chi connectivity index (χ1n) is 6.92. The third-order valence-electron chi connectivity index (χ3n) is 3.11. The third-order valence-corrected chi connectivity index (χ3v) is 4.57. The van der Waals surface area contributed by atoms with E-state index < -0.39 is 0 Å². The zero-order valence-corrected chi connectivity index (χ0v) is 13.9. The minimum atomic E-state index is 0.699. The topological polar surface area (TPSA) is 21.3 Å². The van der Waals surface area contributed by atoms with E-state index in [9.17, 15) is 0 Å². The number of ether oxygens (including phenoxy) is 1. The van der Waals surface area contributed by atoms with Gasteiger partial charge in [-0.1, -0.05) is 47.1 Å². The lowest BCUT2D eigenvalue weighted by atomic mass is 10.2. The molecule has 4 heteroatoms. The van der Waals surface area contributed by atoms with Crippen molar-refractivity contribution < 1.29 is 4.74 Å². The molecule has 0 aliphatic heterocycles. The molecule has 0 amide bonds. The Kier molecular flexibility index (Phi) is 6.58.